The highest BCUT2D eigenvalue weighted by atomic mass is 16.5. The Morgan fingerprint density at radius 3 is 2.68 bits per heavy atom. The van der Waals surface area contributed by atoms with Crippen molar-refractivity contribution in [1.82, 2.24) is 15.2 Å². The molecule has 0 atom stereocenters. The molecular weight excluding hydrogens is 318 g/mol. The number of aliphatic hydroxyl groups excluding tert-OH is 1. The molecule has 0 spiro atoms. The van der Waals surface area contributed by atoms with Crippen LogP contribution < -0.4 is 10.1 Å². The third-order valence-corrected chi connectivity index (χ3v) is 4.07. The maximum Gasteiger partial charge on any atom is 0.317 e. The molecule has 0 bridgehead atoms. The molecule has 0 saturated heterocycles. The molecule has 1 aliphatic carbocycles. The van der Waals surface area contributed by atoms with Crippen LogP contribution >= 0.6 is 0 Å². The van der Waals surface area contributed by atoms with Gasteiger partial charge in [0.25, 0.3) is 0 Å². The van der Waals surface area contributed by atoms with Crippen molar-refractivity contribution in [3.63, 3.8) is 0 Å². The fourth-order valence-corrected chi connectivity index (χ4v) is 2.57. The summed E-state index contributed by atoms with van der Waals surface area (Å²) in [5.41, 5.74) is 1.88. The van der Waals surface area contributed by atoms with Crippen molar-refractivity contribution in [1.29, 1.82) is 0 Å². The molecule has 3 rings (SSSR count). The molecule has 1 fully saturated rings. The second-order valence-corrected chi connectivity index (χ2v) is 6.06. The minimum Gasteiger partial charge on any atom is -0.487 e. The topological polar surface area (TPSA) is 74.7 Å². The highest BCUT2D eigenvalue weighted by Gasteiger charge is 2.31. The van der Waals surface area contributed by atoms with E-state index in [0.29, 0.717) is 19.7 Å². The number of carbonyl (C=O) groups excluding carboxylic acids is 1. The number of benzene rings is 1. The molecule has 1 aliphatic rings. The molecule has 0 radical (unpaired) electrons. The summed E-state index contributed by atoms with van der Waals surface area (Å²) in [5, 5.41) is 12.0. The molecule has 2 aromatic rings. The Morgan fingerprint density at radius 2 is 2.04 bits per heavy atom. The predicted octanol–water partition coefficient (Wildman–Crippen LogP) is 2.33. The zero-order valence-corrected chi connectivity index (χ0v) is 14.1. The van der Waals surface area contributed by atoms with Gasteiger partial charge in [0.05, 0.1) is 12.3 Å². The Bertz CT molecular complexity index is 672. The number of aliphatic hydroxyl groups is 1. The molecule has 0 unspecified atom stereocenters. The van der Waals surface area contributed by atoms with Crippen molar-refractivity contribution in [2.75, 3.05) is 13.2 Å². The number of aromatic nitrogens is 1. The van der Waals surface area contributed by atoms with Crippen LogP contribution in [0.1, 0.15) is 24.1 Å². The van der Waals surface area contributed by atoms with Gasteiger partial charge in [0, 0.05) is 25.3 Å². The summed E-state index contributed by atoms with van der Waals surface area (Å²) in [6, 6.07) is 13.5. The van der Waals surface area contributed by atoms with Gasteiger partial charge in [-0.05, 0) is 42.7 Å². The minimum absolute atomic E-state index is 0.00771. The number of pyridine rings is 1. The normalized spacial score (nSPS) is 13.3. The molecule has 1 saturated carbocycles. The highest BCUT2D eigenvalue weighted by Crippen LogP contribution is 2.26. The van der Waals surface area contributed by atoms with Crippen LogP contribution in [0, 0.1) is 0 Å². The lowest BCUT2D eigenvalue weighted by Gasteiger charge is -2.21. The monoisotopic (exact) mass is 341 g/mol. The fourth-order valence-electron chi connectivity index (χ4n) is 2.57. The largest absolute Gasteiger partial charge is 0.487 e. The lowest BCUT2D eigenvalue weighted by atomic mass is 10.2. The summed E-state index contributed by atoms with van der Waals surface area (Å²) in [6.45, 7) is 1.26. The minimum atomic E-state index is -0.118. The zero-order chi connectivity index (χ0) is 17.5. The van der Waals surface area contributed by atoms with Crippen LogP contribution in [0.5, 0.6) is 5.75 Å². The highest BCUT2D eigenvalue weighted by molar-refractivity contribution is 5.74. The average Bonchev–Trinajstić information content (AvgIpc) is 3.49. The number of hydrogen-bond acceptors (Lipinski definition) is 4. The van der Waals surface area contributed by atoms with Gasteiger partial charge in [0.2, 0.25) is 0 Å². The first-order valence-corrected chi connectivity index (χ1v) is 8.53. The molecule has 2 amide bonds. The van der Waals surface area contributed by atoms with Gasteiger partial charge in [-0.15, -0.1) is 0 Å². The maximum atomic E-state index is 12.2. The van der Waals surface area contributed by atoms with Crippen LogP contribution in [0.4, 0.5) is 4.79 Å². The molecule has 6 heteroatoms. The van der Waals surface area contributed by atoms with Gasteiger partial charge in [-0.3, -0.25) is 4.98 Å². The maximum absolute atomic E-state index is 12.2. The third kappa shape index (κ3) is 5.19. The van der Waals surface area contributed by atoms with E-state index >= 15 is 0 Å². The smallest absolute Gasteiger partial charge is 0.317 e. The van der Waals surface area contributed by atoms with Gasteiger partial charge >= 0.3 is 6.03 Å². The SMILES string of the molecule is O=C(NCc1ccc(OCc2ccccn2)cc1)N(CCO)C1CC1. The van der Waals surface area contributed by atoms with Crippen LogP contribution in [0.15, 0.2) is 48.7 Å². The fraction of sp³-hybridized carbons (Fsp3) is 0.368. The van der Waals surface area contributed by atoms with Crippen molar-refractivity contribution >= 4 is 6.03 Å². The lowest BCUT2D eigenvalue weighted by Crippen LogP contribution is -2.42. The third-order valence-electron chi connectivity index (χ3n) is 4.07. The van der Waals surface area contributed by atoms with Gasteiger partial charge in [0.15, 0.2) is 0 Å². The molecule has 1 heterocycles. The molecule has 2 N–H and O–H groups in total. The summed E-state index contributed by atoms with van der Waals surface area (Å²) in [5.74, 6) is 0.764. The van der Waals surface area contributed by atoms with E-state index < -0.39 is 0 Å². The van der Waals surface area contributed by atoms with E-state index in [4.69, 9.17) is 9.84 Å². The number of nitrogens with zero attached hydrogens (tertiary/aromatic N) is 2. The average molecular weight is 341 g/mol. The van der Waals surface area contributed by atoms with E-state index in [1.165, 1.54) is 0 Å². The molecule has 6 nitrogen and oxygen atoms in total. The quantitative estimate of drug-likeness (QED) is 0.773. The molecule has 1 aromatic carbocycles. The van der Waals surface area contributed by atoms with Crippen molar-refractivity contribution in [3.05, 3.63) is 59.9 Å². The van der Waals surface area contributed by atoms with E-state index in [-0.39, 0.29) is 18.7 Å². The summed E-state index contributed by atoms with van der Waals surface area (Å²) in [6.07, 6.45) is 3.79. The van der Waals surface area contributed by atoms with Crippen LogP contribution in [-0.4, -0.2) is 40.2 Å². The zero-order valence-electron chi connectivity index (χ0n) is 14.1. The van der Waals surface area contributed by atoms with E-state index in [0.717, 1.165) is 29.8 Å². The number of carbonyl (C=O) groups is 1. The summed E-state index contributed by atoms with van der Waals surface area (Å²) in [4.78, 5) is 18.1. The number of rotatable bonds is 8. The standard InChI is InChI=1S/C19H23N3O3/c23-12-11-22(17-6-7-17)19(24)21-13-15-4-8-18(9-5-15)25-14-16-3-1-2-10-20-16/h1-5,8-10,17,23H,6-7,11-14H2,(H,21,24). The van der Waals surface area contributed by atoms with E-state index in [9.17, 15) is 4.79 Å². The summed E-state index contributed by atoms with van der Waals surface area (Å²) in [7, 11) is 0. The first kappa shape index (κ1) is 17.2. The van der Waals surface area contributed by atoms with Gasteiger partial charge in [0.1, 0.15) is 12.4 Å². The summed E-state index contributed by atoms with van der Waals surface area (Å²) >= 11 is 0. The molecule has 25 heavy (non-hydrogen) atoms. The van der Waals surface area contributed by atoms with Crippen molar-refractivity contribution in [2.45, 2.75) is 32.0 Å². The van der Waals surface area contributed by atoms with Crippen LogP contribution in [-0.2, 0) is 13.2 Å². The van der Waals surface area contributed by atoms with Crippen LogP contribution in [0.2, 0.25) is 0 Å². The van der Waals surface area contributed by atoms with Gasteiger partial charge in [-0.25, -0.2) is 4.79 Å². The number of urea groups is 1. The molecule has 0 aliphatic heterocycles. The Labute approximate surface area is 147 Å². The number of amides is 2. The van der Waals surface area contributed by atoms with Gasteiger partial charge in [-0.2, -0.15) is 0 Å². The van der Waals surface area contributed by atoms with E-state index in [2.05, 4.69) is 10.3 Å². The van der Waals surface area contributed by atoms with Crippen molar-refractivity contribution in [2.24, 2.45) is 0 Å². The Kier molecular flexibility index (Phi) is 5.85. The number of ether oxygens (including phenoxy) is 1. The second kappa shape index (κ2) is 8.48. The Hall–Kier alpha value is -2.60. The van der Waals surface area contributed by atoms with Crippen molar-refractivity contribution < 1.29 is 14.6 Å². The first-order chi connectivity index (χ1) is 12.3. The molecule has 1 aromatic heterocycles. The number of nitrogens with one attached hydrogen (secondary N) is 1. The van der Waals surface area contributed by atoms with E-state index in [1.54, 1.807) is 11.1 Å². The number of hydrogen-bond donors (Lipinski definition) is 2. The first-order valence-electron chi connectivity index (χ1n) is 8.53. The Balaban J connectivity index is 1.46. The molecular formula is C19H23N3O3. The van der Waals surface area contributed by atoms with Crippen LogP contribution in [0.3, 0.4) is 0 Å². The van der Waals surface area contributed by atoms with Gasteiger partial charge < -0.3 is 20.1 Å². The van der Waals surface area contributed by atoms with Crippen molar-refractivity contribution in [3.8, 4) is 5.75 Å². The summed E-state index contributed by atoms with van der Waals surface area (Å²) < 4.78 is 5.70. The Morgan fingerprint density at radius 1 is 1.24 bits per heavy atom. The van der Waals surface area contributed by atoms with E-state index in [1.807, 2.05) is 42.5 Å². The lowest BCUT2D eigenvalue weighted by molar-refractivity contribution is 0.173. The van der Waals surface area contributed by atoms with Gasteiger partial charge in [-0.1, -0.05) is 18.2 Å². The molecule has 132 valence electrons. The predicted molar refractivity (Wildman–Crippen MR) is 94.1 cm³/mol. The second-order valence-electron chi connectivity index (χ2n) is 6.06. The van der Waals surface area contributed by atoms with Crippen LogP contribution in [0.25, 0.3) is 0 Å².